The molecule has 2 aliphatic rings. The molecule has 2 nitrogen and oxygen atoms in total. The molecule has 0 aliphatic heterocycles. The van der Waals surface area contributed by atoms with E-state index in [2.05, 4.69) is 36.1 Å². The lowest BCUT2D eigenvalue weighted by Crippen LogP contribution is -2.30. The van der Waals surface area contributed by atoms with E-state index in [1.807, 2.05) is 0 Å². The van der Waals surface area contributed by atoms with Crippen LogP contribution in [0.25, 0.3) is 0 Å². The number of hydrogen-bond acceptors (Lipinski definition) is 2. The Hall–Kier alpha value is -0.860. The molecule has 0 bridgehead atoms. The molecule has 1 fully saturated rings. The average Bonchev–Trinajstić information content (AvgIpc) is 3.13. The third-order valence-corrected chi connectivity index (χ3v) is 4.37. The number of rotatable bonds is 5. The van der Waals surface area contributed by atoms with E-state index in [0.717, 1.165) is 12.3 Å². The Bertz CT molecular complexity index is 411. The van der Waals surface area contributed by atoms with Crippen molar-refractivity contribution in [2.75, 3.05) is 13.1 Å². The van der Waals surface area contributed by atoms with Gasteiger partial charge in [0.15, 0.2) is 0 Å². The van der Waals surface area contributed by atoms with Gasteiger partial charge in [-0.05, 0) is 49.3 Å². The molecule has 3 rings (SSSR count). The molecule has 1 aromatic carbocycles. The molecule has 0 heterocycles. The molecule has 1 aromatic rings. The third kappa shape index (κ3) is 2.32. The van der Waals surface area contributed by atoms with Crippen LogP contribution in [0.5, 0.6) is 0 Å². The molecular formula is C16H24N2. The minimum Gasteiger partial charge on any atom is -0.324 e. The SMILES string of the molecule is CCCN(CC1CC1)C1CC(N)c2ccccc21. The highest BCUT2D eigenvalue weighted by Gasteiger charge is 2.34. The fourth-order valence-electron chi connectivity index (χ4n) is 3.29. The molecule has 18 heavy (non-hydrogen) atoms. The lowest BCUT2D eigenvalue weighted by molar-refractivity contribution is 0.184. The van der Waals surface area contributed by atoms with E-state index >= 15 is 0 Å². The summed E-state index contributed by atoms with van der Waals surface area (Å²) in [5, 5.41) is 0. The van der Waals surface area contributed by atoms with Crippen molar-refractivity contribution in [2.24, 2.45) is 11.7 Å². The summed E-state index contributed by atoms with van der Waals surface area (Å²) < 4.78 is 0. The van der Waals surface area contributed by atoms with Crippen LogP contribution in [0.1, 0.15) is 55.8 Å². The van der Waals surface area contributed by atoms with E-state index in [-0.39, 0.29) is 6.04 Å². The van der Waals surface area contributed by atoms with Crippen LogP contribution in [0, 0.1) is 5.92 Å². The third-order valence-electron chi connectivity index (χ3n) is 4.37. The molecule has 2 heteroatoms. The summed E-state index contributed by atoms with van der Waals surface area (Å²) in [6.07, 6.45) is 5.20. The quantitative estimate of drug-likeness (QED) is 0.861. The van der Waals surface area contributed by atoms with E-state index in [1.165, 1.54) is 43.5 Å². The molecule has 0 amide bonds. The summed E-state index contributed by atoms with van der Waals surface area (Å²) in [6, 6.07) is 9.57. The molecule has 0 aromatic heterocycles. The lowest BCUT2D eigenvalue weighted by atomic mass is 10.1. The van der Waals surface area contributed by atoms with Crippen molar-refractivity contribution in [3.63, 3.8) is 0 Å². The van der Waals surface area contributed by atoms with Crippen LogP contribution in [0.15, 0.2) is 24.3 Å². The minimum atomic E-state index is 0.241. The van der Waals surface area contributed by atoms with Gasteiger partial charge in [-0.15, -0.1) is 0 Å². The fourth-order valence-corrected chi connectivity index (χ4v) is 3.29. The molecule has 0 radical (unpaired) electrons. The molecule has 2 atom stereocenters. The fraction of sp³-hybridized carbons (Fsp3) is 0.625. The number of benzene rings is 1. The maximum absolute atomic E-state index is 6.29. The Morgan fingerprint density at radius 1 is 1.22 bits per heavy atom. The monoisotopic (exact) mass is 244 g/mol. The van der Waals surface area contributed by atoms with Crippen LogP contribution < -0.4 is 5.73 Å². The highest BCUT2D eigenvalue weighted by atomic mass is 15.2. The smallest absolute Gasteiger partial charge is 0.0369 e. The van der Waals surface area contributed by atoms with E-state index in [9.17, 15) is 0 Å². The van der Waals surface area contributed by atoms with Gasteiger partial charge in [0, 0.05) is 18.6 Å². The van der Waals surface area contributed by atoms with Gasteiger partial charge in [0.25, 0.3) is 0 Å². The molecular weight excluding hydrogens is 220 g/mol. The van der Waals surface area contributed by atoms with Crippen molar-refractivity contribution >= 4 is 0 Å². The summed E-state index contributed by atoms with van der Waals surface area (Å²) in [6.45, 7) is 4.77. The zero-order chi connectivity index (χ0) is 12.5. The number of fused-ring (bicyclic) bond motifs is 1. The lowest BCUT2D eigenvalue weighted by Gasteiger charge is -2.29. The van der Waals surface area contributed by atoms with Crippen LogP contribution >= 0.6 is 0 Å². The second-order valence-corrected chi connectivity index (χ2v) is 5.93. The molecule has 0 spiro atoms. The van der Waals surface area contributed by atoms with Crippen LogP contribution in [0.2, 0.25) is 0 Å². The van der Waals surface area contributed by atoms with Gasteiger partial charge >= 0.3 is 0 Å². The average molecular weight is 244 g/mol. The Balaban J connectivity index is 1.81. The first-order chi connectivity index (χ1) is 8.79. The molecule has 2 unspecified atom stereocenters. The highest BCUT2D eigenvalue weighted by molar-refractivity contribution is 5.37. The standard InChI is InChI=1S/C16H24N2/c1-2-9-18(11-12-7-8-12)16-10-15(17)13-5-3-4-6-14(13)16/h3-6,12,15-16H,2,7-11,17H2,1H3. The molecule has 2 N–H and O–H groups in total. The second-order valence-electron chi connectivity index (χ2n) is 5.93. The first-order valence-electron chi connectivity index (χ1n) is 7.38. The van der Waals surface area contributed by atoms with Crippen LogP contribution in [-0.4, -0.2) is 18.0 Å². The maximum atomic E-state index is 6.29. The first-order valence-corrected chi connectivity index (χ1v) is 7.38. The Morgan fingerprint density at radius 3 is 2.61 bits per heavy atom. The van der Waals surface area contributed by atoms with E-state index in [1.54, 1.807) is 0 Å². The Kier molecular flexibility index (Phi) is 3.40. The van der Waals surface area contributed by atoms with Crippen molar-refractivity contribution in [3.05, 3.63) is 35.4 Å². The van der Waals surface area contributed by atoms with Crippen molar-refractivity contribution < 1.29 is 0 Å². The predicted octanol–water partition coefficient (Wildman–Crippen LogP) is 3.25. The maximum Gasteiger partial charge on any atom is 0.0369 e. The zero-order valence-corrected chi connectivity index (χ0v) is 11.3. The van der Waals surface area contributed by atoms with Gasteiger partial charge in [-0.3, -0.25) is 4.90 Å². The molecule has 98 valence electrons. The van der Waals surface area contributed by atoms with Gasteiger partial charge in [0.1, 0.15) is 0 Å². The van der Waals surface area contributed by atoms with Crippen molar-refractivity contribution in [1.82, 2.24) is 4.90 Å². The highest BCUT2D eigenvalue weighted by Crippen LogP contribution is 2.42. The van der Waals surface area contributed by atoms with E-state index in [4.69, 9.17) is 5.73 Å². The summed E-state index contributed by atoms with van der Waals surface area (Å²) in [7, 11) is 0. The zero-order valence-electron chi connectivity index (χ0n) is 11.3. The summed E-state index contributed by atoms with van der Waals surface area (Å²) in [5.74, 6) is 0.959. The van der Waals surface area contributed by atoms with Crippen LogP contribution in [0.3, 0.4) is 0 Å². The van der Waals surface area contributed by atoms with Crippen molar-refractivity contribution in [2.45, 2.75) is 44.7 Å². The van der Waals surface area contributed by atoms with E-state index in [0.29, 0.717) is 6.04 Å². The van der Waals surface area contributed by atoms with Crippen LogP contribution in [-0.2, 0) is 0 Å². The number of hydrogen-bond donors (Lipinski definition) is 1. The Labute approximate surface area is 110 Å². The van der Waals surface area contributed by atoms with Gasteiger partial charge in [-0.1, -0.05) is 31.2 Å². The van der Waals surface area contributed by atoms with Gasteiger partial charge in [0.2, 0.25) is 0 Å². The van der Waals surface area contributed by atoms with Gasteiger partial charge < -0.3 is 5.73 Å². The van der Waals surface area contributed by atoms with Crippen LogP contribution in [0.4, 0.5) is 0 Å². The van der Waals surface area contributed by atoms with Gasteiger partial charge in [-0.2, -0.15) is 0 Å². The summed E-state index contributed by atoms with van der Waals surface area (Å²) in [5.41, 5.74) is 9.15. The molecule has 2 aliphatic carbocycles. The minimum absolute atomic E-state index is 0.241. The predicted molar refractivity (Wildman–Crippen MR) is 75.3 cm³/mol. The largest absolute Gasteiger partial charge is 0.324 e. The second kappa shape index (κ2) is 5.02. The number of nitrogens with two attached hydrogens (primary N) is 1. The summed E-state index contributed by atoms with van der Waals surface area (Å²) in [4.78, 5) is 2.68. The first kappa shape index (κ1) is 12.2. The topological polar surface area (TPSA) is 29.3 Å². The Morgan fingerprint density at radius 2 is 1.94 bits per heavy atom. The van der Waals surface area contributed by atoms with Gasteiger partial charge in [-0.25, -0.2) is 0 Å². The normalized spacial score (nSPS) is 26.6. The molecule has 0 saturated heterocycles. The summed E-state index contributed by atoms with van der Waals surface area (Å²) >= 11 is 0. The molecule has 1 saturated carbocycles. The number of nitrogens with zero attached hydrogens (tertiary/aromatic N) is 1. The van der Waals surface area contributed by atoms with E-state index < -0.39 is 0 Å². The van der Waals surface area contributed by atoms with Crippen molar-refractivity contribution in [1.29, 1.82) is 0 Å². The van der Waals surface area contributed by atoms with Crippen molar-refractivity contribution in [3.8, 4) is 0 Å². The van der Waals surface area contributed by atoms with Gasteiger partial charge in [0.05, 0.1) is 0 Å².